The first-order valence-corrected chi connectivity index (χ1v) is 24.1. The first-order chi connectivity index (χ1) is 28.2. The van der Waals surface area contributed by atoms with Gasteiger partial charge in [-0.3, -0.25) is 0 Å². The SMILES string of the molecule is CC(C)(C)c1cc(C2=[C-]c3cc4c(cc3C2)C(C)(C)CCC4(C)C)cc(C(C)(C)C)c1.CC(C)(C)c1cc(C2=[C-]c3cc4c(cc3C2)C(C)(C)CCC4(C)C)cc(C(C)(C)C)c1.[Hf+4]. The van der Waals surface area contributed by atoms with Crippen LogP contribution in [0.2, 0.25) is 0 Å². The molecule has 4 aliphatic carbocycles. The summed E-state index contributed by atoms with van der Waals surface area (Å²) in [7, 11) is 0. The fourth-order valence-electron chi connectivity index (χ4n) is 10.3. The Hall–Kier alpha value is -2.77. The molecule has 0 saturated heterocycles. The van der Waals surface area contributed by atoms with Gasteiger partial charge in [0, 0.05) is 0 Å². The number of rotatable bonds is 2. The molecular formula is C62H82Hf+2. The number of benzene rings is 4. The summed E-state index contributed by atoms with van der Waals surface area (Å²) in [6.07, 6.45) is 14.7. The molecule has 0 nitrogen and oxygen atoms in total. The van der Waals surface area contributed by atoms with Crippen LogP contribution in [0.1, 0.15) is 242 Å². The van der Waals surface area contributed by atoms with Gasteiger partial charge < -0.3 is 0 Å². The van der Waals surface area contributed by atoms with Crippen LogP contribution in [0.15, 0.2) is 60.7 Å². The number of allylic oxidation sites excluding steroid dienone is 2. The number of fused-ring (bicyclic) bond motifs is 4. The molecule has 0 aliphatic heterocycles. The second-order valence-corrected chi connectivity index (χ2v) is 26.8. The van der Waals surface area contributed by atoms with Gasteiger partial charge in [-0.15, -0.1) is 57.7 Å². The Bertz CT molecular complexity index is 2230. The summed E-state index contributed by atoms with van der Waals surface area (Å²) in [5.74, 6) is 0. The van der Waals surface area contributed by atoms with Crippen molar-refractivity contribution in [3.8, 4) is 0 Å². The number of hydrogen-bond donors (Lipinski definition) is 0. The van der Waals surface area contributed by atoms with Crippen LogP contribution in [0, 0.1) is 12.2 Å². The second kappa shape index (κ2) is 16.2. The van der Waals surface area contributed by atoms with Crippen molar-refractivity contribution < 1.29 is 25.8 Å². The normalized spacial score (nSPS) is 19.3. The maximum Gasteiger partial charge on any atom is 4.00 e. The van der Waals surface area contributed by atoms with E-state index in [0.29, 0.717) is 0 Å². The van der Waals surface area contributed by atoms with Crippen LogP contribution in [0.5, 0.6) is 0 Å². The topological polar surface area (TPSA) is 0 Å². The first kappa shape index (κ1) is 49.7. The number of hydrogen-bond acceptors (Lipinski definition) is 0. The van der Waals surface area contributed by atoms with Crippen molar-refractivity contribution in [1.29, 1.82) is 0 Å². The molecule has 0 spiro atoms. The van der Waals surface area contributed by atoms with Crippen molar-refractivity contribution in [3.63, 3.8) is 0 Å². The van der Waals surface area contributed by atoms with E-state index >= 15 is 0 Å². The Balaban J connectivity index is 0.000000206. The van der Waals surface area contributed by atoms with Crippen LogP contribution >= 0.6 is 0 Å². The van der Waals surface area contributed by atoms with Crippen molar-refractivity contribution in [2.24, 2.45) is 0 Å². The molecule has 0 bridgehead atoms. The molecule has 4 aromatic rings. The maximum absolute atomic E-state index is 3.84. The summed E-state index contributed by atoms with van der Waals surface area (Å²) < 4.78 is 0. The summed E-state index contributed by atoms with van der Waals surface area (Å²) in [5.41, 5.74) is 24.4. The quantitative estimate of drug-likeness (QED) is 0.139. The van der Waals surface area contributed by atoms with Gasteiger partial charge in [0.25, 0.3) is 0 Å². The standard InChI is InChI=1S/2C31H41.Hf/c2*1-28(2,3)24-15-23(16-25(19-24)29(4,5)6)20-13-21-17-26-27(18-22(21)14-20)31(9,10)12-11-30(26,7)8;/h2*15-19H,11-13H2,1-10H3;/q2*-1;+4. The fraction of sp³-hybridized carbons (Fsp3) is 0.548. The van der Waals surface area contributed by atoms with Crippen molar-refractivity contribution >= 4 is 11.1 Å². The van der Waals surface area contributed by atoms with E-state index in [-0.39, 0.29) is 69.2 Å². The summed E-state index contributed by atoms with van der Waals surface area (Å²) in [5, 5.41) is 0. The van der Waals surface area contributed by atoms with Gasteiger partial charge in [0.1, 0.15) is 0 Å². The van der Waals surface area contributed by atoms with Crippen LogP contribution < -0.4 is 0 Å². The van der Waals surface area contributed by atoms with Crippen LogP contribution in [0.3, 0.4) is 0 Å². The van der Waals surface area contributed by atoms with Gasteiger partial charge in [0.05, 0.1) is 0 Å². The molecule has 0 saturated carbocycles. The zero-order chi connectivity index (χ0) is 46.0. The Morgan fingerprint density at radius 2 is 0.587 bits per heavy atom. The van der Waals surface area contributed by atoms with Gasteiger partial charge in [-0.2, -0.15) is 0 Å². The Morgan fingerprint density at radius 1 is 0.349 bits per heavy atom. The van der Waals surface area contributed by atoms with Crippen molar-refractivity contribution in [2.75, 3.05) is 0 Å². The predicted octanol–water partition coefficient (Wildman–Crippen LogP) is 16.8. The van der Waals surface area contributed by atoms with E-state index in [9.17, 15) is 0 Å². The van der Waals surface area contributed by atoms with Gasteiger partial charge >= 0.3 is 25.8 Å². The molecular weight excluding hydrogens is 923 g/mol. The van der Waals surface area contributed by atoms with E-state index in [1.807, 2.05) is 0 Å². The van der Waals surface area contributed by atoms with E-state index < -0.39 is 0 Å². The minimum Gasteiger partial charge on any atom is -0.146 e. The fourth-order valence-corrected chi connectivity index (χ4v) is 10.3. The average molecular weight is 1010 g/mol. The zero-order valence-corrected chi connectivity index (χ0v) is 47.1. The largest absolute Gasteiger partial charge is 4.00 e. The molecule has 8 rings (SSSR count). The van der Waals surface area contributed by atoms with Gasteiger partial charge in [-0.25, -0.2) is 0 Å². The van der Waals surface area contributed by atoms with Crippen molar-refractivity contribution in [1.82, 2.24) is 0 Å². The molecule has 0 fully saturated rings. The molecule has 0 heterocycles. The van der Waals surface area contributed by atoms with Gasteiger partial charge in [0.15, 0.2) is 0 Å². The van der Waals surface area contributed by atoms with Crippen LogP contribution in [-0.2, 0) is 82.0 Å². The molecule has 0 radical (unpaired) electrons. The molecule has 4 aromatic carbocycles. The molecule has 1 heteroatoms. The Labute approximate surface area is 405 Å². The van der Waals surface area contributed by atoms with E-state index in [0.717, 1.165) is 12.8 Å². The van der Waals surface area contributed by atoms with E-state index in [1.54, 1.807) is 11.1 Å². The molecule has 63 heavy (non-hydrogen) atoms. The van der Waals surface area contributed by atoms with Crippen LogP contribution in [0.25, 0.3) is 11.1 Å². The predicted molar refractivity (Wildman–Crippen MR) is 270 cm³/mol. The minimum atomic E-state index is 0. The maximum atomic E-state index is 3.84. The summed E-state index contributed by atoms with van der Waals surface area (Å²) in [6, 6.07) is 24.5. The molecule has 0 amide bonds. The third-order valence-electron chi connectivity index (χ3n) is 15.5. The molecule has 0 aromatic heterocycles. The van der Waals surface area contributed by atoms with Gasteiger partial charge in [0.2, 0.25) is 0 Å². The third-order valence-corrected chi connectivity index (χ3v) is 15.5. The molecule has 0 atom stereocenters. The van der Waals surface area contributed by atoms with Gasteiger partial charge in [-0.05, 0) is 69.0 Å². The second-order valence-electron chi connectivity index (χ2n) is 26.8. The zero-order valence-electron chi connectivity index (χ0n) is 43.5. The Morgan fingerprint density at radius 3 is 0.825 bits per heavy atom. The monoisotopic (exact) mass is 1010 g/mol. The molecule has 0 unspecified atom stereocenters. The summed E-state index contributed by atoms with van der Waals surface area (Å²) >= 11 is 0. The Kier molecular flexibility index (Phi) is 12.8. The van der Waals surface area contributed by atoms with Crippen molar-refractivity contribution in [3.05, 3.63) is 151 Å². The van der Waals surface area contributed by atoms with E-state index in [1.165, 1.54) is 104 Å². The van der Waals surface area contributed by atoms with Crippen molar-refractivity contribution in [2.45, 2.75) is 220 Å². The molecule has 4 aliphatic rings. The first-order valence-electron chi connectivity index (χ1n) is 24.1. The molecule has 0 N–H and O–H groups in total. The summed E-state index contributed by atoms with van der Waals surface area (Å²) in [4.78, 5) is 0. The van der Waals surface area contributed by atoms with Crippen LogP contribution in [0.4, 0.5) is 0 Å². The average Bonchev–Trinajstić information content (AvgIpc) is 3.77. The summed E-state index contributed by atoms with van der Waals surface area (Å²) in [6.45, 7) is 47.1. The van der Waals surface area contributed by atoms with Gasteiger partial charge in [-0.1, -0.05) is 255 Å². The van der Waals surface area contributed by atoms with E-state index in [2.05, 4.69) is 211 Å². The minimum absolute atomic E-state index is 0. The molecule has 332 valence electrons. The van der Waals surface area contributed by atoms with Crippen LogP contribution in [-0.4, -0.2) is 0 Å². The third kappa shape index (κ3) is 10.0. The van der Waals surface area contributed by atoms with E-state index in [4.69, 9.17) is 0 Å². The smallest absolute Gasteiger partial charge is 0.146 e.